The maximum absolute atomic E-state index is 6.31. The Morgan fingerprint density at radius 1 is 0.920 bits per heavy atom. The van der Waals surface area contributed by atoms with Crippen LogP contribution in [0, 0.1) is 0 Å². The van der Waals surface area contributed by atoms with Gasteiger partial charge in [-0.15, -0.1) is 0 Å². The highest BCUT2D eigenvalue weighted by Gasteiger charge is 2.20. The van der Waals surface area contributed by atoms with Crippen molar-refractivity contribution in [3.8, 4) is 11.1 Å². The highest BCUT2D eigenvalue weighted by Crippen LogP contribution is 2.24. The normalized spacial score (nSPS) is 21.0. The molecule has 1 saturated carbocycles. The summed E-state index contributed by atoms with van der Waals surface area (Å²) in [5, 5.41) is 4.51. The van der Waals surface area contributed by atoms with Crippen molar-refractivity contribution in [2.24, 2.45) is 5.73 Å². The summed E-state index contributed by atoms with van der Waals surface area (Å²) in [5.74, 6) is 0.683. The maximum atomic E-state index is 6.31. The molecule has 4 heteroatoms. The van der Waals surface area contributed by atoms with Gasteiger partial charge in [-0.05, 0) is 36.1 Å². The van der Waals surface area contributed by atoms with Crippen LogP contribution >= 0.6 is 0 Å². The van der Waals surface area contributed by atoms with E-state index < -0.39 is 0 Å². The number of nitrogens with zero attached hydrogens (tertiary/aromatic N) is 2. The number of anilines is 1. The van der Waals surface area contributed by atoms with Gasteiger partial charge in [-0.1, -0.05) is 55.7 Å². The minimum absolute atomic E-state index is 0.183. The molecule has 25 heavy (non-hydrogen) atoms. The molecule has 0 saturated heterocycles. The Morgan fingerprint density at radius 3 is 2.64 bits per heavy atom. The average molecular weight is 332 g/mol. The Kier molecular flexibility index (Phi) is 4.61. The van der Waals surface area contributed by atoms with Crippen LogP contribution in [0.3, 0.4) is 0 Å². The van der Waals surface area contributed by atoms with E-state index in [0.717, 1.165) is 23.7 Å². The number of hydrogen-bond donors (Lipinski definition) is 2. The topological polar surface area (TPSA) is 63.8 Å². The zero-order valence-electron chi connectivity index (χ0n) is 14.4. The van der Waals surface area contributed by atoms with E-state index in [1.54, 1.807) is 0 Å². The van der Waals surface area contributed by atoms with Crippen LogP contribution in [0.15, 0.2) is 54.7 Å². The lowest BCUT2D eigenvalue weighted by atomic mass is 10.0. The van der Waals surface area contributed by atoms with Gasteiger partial charge in [0.1, 0.15) is 0 Å². The molecule has 1 aliphatic rings. The lowest BCUT2D eigenvalue weighted by Crippen LogP contribution is -2.39. The van der Waals surface area contributed by atoms with Crippen molar-refractivity contribution in [3.05, 3.63) is 54.7 Å². The molecule has 1 aliphatic carbocycles. The van der Waals surface area contributed by atoms with Crippen LogP contribution in [0.2, 0.25) is 0 Å². The first kappa shape index (κ1) is 16.0. The molecule has 2 aromatic carbocycles. The van der Waals surface area contributed by atoms with E-state index in [0.29, 0.717) is 5.95 Å². The van der Waals surface area contributed by atoms with E-state index in [1.807, 2.05) is 12.3 Å². The molecular formula is C21H24N4. The van der Waals surface area contributed by atoms with Gasteiger partial charge in [-0.25, -0.2) is 9.97 Å². The second-order valence-corrected chi connectivity index (χ2v) is 6.89. The van der Waals surface area contributed by atoms with Crippen molar-refractivity contribution < 1.29 is 0 Å². The number of nitrogens with two attached hydrogens (primary N) is 1. The Balaban J connectivity index is 1.58. The first-order chi connectivity index (χ1) is 12.3. The molecule has 2 atom stereocenters. The zero-order valence-corrected chi connectivity index (χ0v) is 14.4. The lowest BCUT2D eigenvalue weighted by Gasteiger charge is -2.22. The molecule has 1 aromatic heterocycles. The van der Waals surface area contributed by atoms with E-state index in [2.05, 4.69) is 52.8 Å². The van der Waals surface area contributed by atoms with Crippen LogP contribution < -0.4 is 11.1 Å². The quantitative estimate of drug-likeness (QED) is 0.699. The summed E-state index contributed by atoms with van der Waals surface area (Å²) in [6.07, 6.45) is 7.78. The number of rotatable bonds is 3. The molecule has 128 valence electrons. The van der Waals surface area contributed by atoms with Crippen molar-refractivity contribution in [1.82, 2.24) is 9.97 Å². The van der Waals surface area contributed by atoms with Crippen LogP contribution in [-0.4, -0.2) is 22.1 Å². The molecule has 0 amide bonds. The number of hydrogen-bond acceptors (Lipinski definition) is 4. The van der Waals surface area contributed by atoms with Gasteiger partial charge in [0, 0.05) is 23.7 Å². The molecule has 4 nitrogen and oxygen atoms in total. The predicted molar refractivity (Wildman–Crippen MR) is 103 cm³/mol. The van der Waals surface area contributed by atoms with Gasteiger partial charge in [-0.3, -0.25) is 0 Å². The molecule has 1 fully saturated rings. The van der Waals surface area contributed by atoms with E-state index in [4.69, 9.17) is 10.7 Å². The third-order valence-corrected chi connectivity index (χ3v) is 5.07. The second kappa shape index (κ2) is 7.19. The maximum Gasteiger partial charge on any atom is 0.223 e. The summed E-state index contributed by atoms with van der Waals surface area (Å²) in [7, 11) is 0. The zero-order chi connectivity index (χ0) is 17.1. The summed E-state index contributed by atoms with van der Waals surface area (Å²) < 4.78 is 0. The monoisotopic (exact) mass is 332 g/mol. The van der Waals surface area contributed by atoms with Gasteiger partial charge in [0.15, 0.2) is 0 Å². The summed E-state index contributed by atoms with van der Waals surface area (Å²) in [6.45, 7) is 0. The van der Waals surface area contributed by atoms with Gasteiger partial charge < -0.3 is 11.1 Å². The summed E-state index contributed by atoms with van der Waals surface area (Å²) in [4.78, 5) is 9.21. The van der Waals surface area contributed by atoms with Crippen molar-refractivity contribution in [2.75, 3.05) is 5.32 Å². The molecule has 0 aliphatic heterocycles. The third kappa shape index (κ3) is 3.64. The van der Waals surface area contributed by atoms with E-state index in [-0.39, 0.29) is 12.1 Å². The predicted octanol–water partition coefficient (Wildman–Crippen LogP) is 4.37. The second-order valence-electron chi connectivity index (χ2n) is 6.89. The van der Waals surface area contributed by atoms with Crippen LogP contribution in [-0.2, 0) is 0 Å². The first-order valence-electron chi connectivity index (χ1n) is 9.14. The summed E-state index contributed by atoms with van der Waals surface area (Å²) in [6, 6.07) is 17.2. The van der Waals surface area contributed by atoms with Gasteiger partial charge >= 0.3 is 0 Å². The highest BCUT2D eigenvalue weighted by molar-refractivity contribution is 5.84. The molecule has 3 N–H and O–H groups in total. The van der Waals surface area contributed by atoms with Gasteiger partial charge in [0.2, 0.25) is 5.95 Å². The van der Waals surface area contributed by atoms with Crippen LogP contribution in [0.5, 0.6) is 0 Å². The van der Waals surface area contributed by atoms with Crippen molar-refractivity contribution in [2.45, 2.75) is 44.2 Å². The number of aromatic nitrogens is 2. The Labute approximate surface area is 148 Å². The molecule has 0 bridgehead atoms. The fraction of sp³-hybridized carbons (Fsp3) is 0.333. The molecular weight excluding hydrogens is 308 g/mol. The van der Waals surface area contributed by atoms with Crippen LogP contribution in [0.1, 0.15) is 32.1 Å². The minimum atomic E-state index is 0.183. The average Bonchev–Trinajstić information content (AvgIpc) is 2.86. The Bertz CT molecular complexity index is 847. The molecule has 0 spiro atoms. The molecule has 4 rings (SSSR count). The van der Waals surface area contributed by atoms with Gasteiger partial charge in [-0.2, -0.15) is 0 Å². The minimum Gasteiger partial charge on any atom is -0.350 e. The van der Waals surface area contributed by atoms with Crippen molar-refractivity contribution in [3.63, 3.8) is 0 Å². The fourth-order valence-corrected chi connectivity index (χ4v) is 3.59. The summed E-state index contributed by atoms with van der Waals surface area (Å²) >= 11 is 0. The van der Waals surface area contributed by atoms with Crippen molar-refractivity contribution in [1.29, 1.82) is 0 Å². The number of fused-ring (bicyclic) bond motifs is 1. The van der Waals surface area contributed by atoms with Crippen LogP contribution in [0.25, 0.3) is 22.0 Å². The standard InChI is InChI=1S/C21H24N4/c22-18-9-5-2-6-10-20(18)25-21-23-14-17-13-16(11-12-19(17)24-21)15-7-3-1-4-8-15/h1,3-4,7-8,11-14,18,20H,2,5-6,9-10,22H2,(H,23,24,25)/t18-,20?/m0/s1. The van der Waals surface area contributed by atoms with Gasteiger partial charge in [0.05, 0.1) is 5.52 Å². The summed E-state index contributed by atoms with van der Waals surface area (Å²) in [5.41, 5.74) is 9.65. The van der Waals surface area contributed by atoms with Crippen molar-refractivity contribution >= 4 is 16.9 Å². The molecule has 1 heterocycles. The fourth-order valence-electron chi connectivity index (χ4n) is 3.59. The smallest absolute Gasteiger partial charge is 0.223 e. The number of nitrogens with one attached hydrogen (secondary N) is 1. The van der Waals surface area contributed by atoms with Crippen LogP contribution in [0.4, 0.5) is 5.95 Å². The SMILES string of the molecule is N[C@H]1CCCCCC1Nc1ncc2cc(-c3ccccc3)ccc2n1. The Hall–Kier alpha value is -2.46. The molecule has 3 aromatic rings. The lowest BCUT2D eigenvalue weighted by molar-refractivity contribution is 0.525. The van der Waals surface area contributed by atoms with E-state index in [9.17, 15) is 0 Å². The van der Waals surface area contributed by atoms with Gasteiger partial charge in [0.25, 0.3) is 0 Å². The van der Waals surface area contributed by atoms with E-state index in [1.165, 1.54) is 30.4 Å². The Morgan fingerprint density at radius 2 is 1.76 bits per heavy atom. The first-order valence-corrected chi connectivity index (χ1v) is 9.14. The third-order valence-electron chi connectivity index (χ3n) is 5.07. The number of benzene rings is 2. The van der Waals surface area contributed by atoms with E-state index >= 15 is 0 Å². The highest BCUT2D eigenvalue weighted by atomic mass is 15.1. The largest absolute Gasteiger partial charge is 0.350 e. The molecule has 0 radical (unpaired) electrons. The molecule has 1 unspecified atom stereocenters.